The van der Waals surface area contributed by atoms with E-state index in [1.54, 1.807) is 16.7 Å². The lowest BCUT2D eigenvalue weighted by Gasteiger charge is -2.26. The van der Waals surface area contributed by atoms with Crippen molar-refractivity contribution in [3.8, 4) is 0 Å². The molecule has 1 aromatic rings. The van der Waals surface area contributed by atoms with Crippen molar-refractivity contribution < 1.29 is 18.0 Å². The molecule has 2 nitrogen and oxygen atoms in total. The number of hydrogen-bond donors (Lipinski definition) is 0. The lowest BCUT2D eigenvalue weighted by molar-refractivity contribution is -0.137. The van der Waals surface area contributed by atoms with Gasteiger partial charge in [-0.15, -0.1) is 0 Å². The van der Waals surface area contributed by atoms with E-state index in [4.69, 9.17) is 0 Å². The molecule has 1 amide bonds. The van der Waals surface area contributed by atoms with Gasteiger partial charge in [-0.25, -0.2) is 0 Å². The van der Waals surface area contributed by atoms with Gasteiger partial charge in [-0.2, -0.15) is 24.9 Å². The number of amides is 1. The van der Waals surface area contributed by atoms with Crippen LogP contribution in [0.5, 0.6) is 0 Å². The molecule has 0 radical (unpaired) electrons. The molecule has 0 unspecified atom stereocenters. The number of carbonyl (C=O) groups excluding carboxylic acids is 1. The zero-order chi connectivity index (χ0) is 13.2. The SMILES string of the molecule is O=C(c1ccc(C(F)(F)F)cc1)N1CCSCC1. The highest BCUT2D eigenvalue weighted by Gasteiger charge is 2.30. The van der Waals surface area contributed by atoms with Crippen molar-refractivity contribution in [2.24, 2.45) is 0 Å². The van der Waals surface area contributed by atoms with Crippen molar-refractivity contribution in [2.75, 3.05) is 24.6 Å². The summed E-state index contributed by atoms with van der Waals surface area (Å²) in [5.41, 5.74) is -0.414. The minimum absolute atomic E-state index is 0.191. The predicted octanol–water partition coefficient (Wildman–Crippen LogP) is 2.89. The molecule has 1 fully saturated rings. The average Bonchev–Trinajstić information content (AvgIpc) is 2.38. The van der Waals surface area contributed by atoms with Gasteiger partial charge >= 0.3 is 6.18 Å². The minimum Gasteiger partial charge on any atom is -0.337 e. The van der Waals surface area contributed by atoms with Gasteiger partial charge in [0.2, 0.25) is 0 Å². The van der Waals surface area contributed by atoms with Crippen molar-refractivity contribution >= 4 is 17.7 Å². The summed E-state index contributed by atoms with van der Waals surface area (Å²) in [5.74, 6) is 1.57. The van der Waals surface area contributed by atoms with Crippen LogP contribution in [0.4, 0.5) is 13.2 Å². The second kappa shape index (κ2) is 5.22. The van der Waals surface area contributed by atoms with Crippen LogP contribution >= 0.6 is 11.8 Å². The molecule has 0 N–H and O–H groups in total. The highest BCUT2D eigenvalue weighted by atomic mass is 32.2. The van der Waals surface area contributed by atoms with E-state index in [1.165, 1.54) is 12.1 Å². The van der Waals surface area contributed by atoms with Crippen molar-refractivity contribution in [3.63, 3.8) is 0 Å². The molecule has 1 saturated heterocycles. The summed E-state index contributed by atoms with van der Waals surface area (Å²) in [6.07, 6.45) is -4.36. The van der Waals surface area contributed by atoms with Gasteiger partial charge < -0.3 is 4.90 Å². The lowest BCUT2D eigenvalue weighted by Crippen LogP contribution is -2.37. The van der Waals surface area contributed by atoms with Gasteiger partial charge in [0.1, 0.15) is 0 Å². The third kappa shape index (κ3) is 2.98. The molecule has 1 heterocycles. The molecule has 98 valence electrons. The minimum atomic E-state index is -4.36. The number of carbonyl (C=O) groups is 1. The third-order valence-corrected chi connectivity index (χ3v) is 3.70. The molecule has 18 heavy (non-hydrogen) atoms. The largest absolute Gasteiger partial charge is 0.416 e. The molecular formula is C12H12F3NOS. The van der Waals surface area contributed by atoms with Crippen LogP contribution in [-0.4, -0.2) is 35.4 Å². The molecule has 0 spiro atoms. The Morgan fingerprint density at radius 2 is 1.67 bits per heavy atom. The summed E-state index contributed by atoms with van der Waals surface area (Å²) in [4.78, 5) is 13.7. The van der Waals surface area contributed by atoms with Gasteiger partial charge in [-0.05, 0) is 24.3 Å². The number of halogens is 3. The molecule has 2 rings (SSSR count). The molecule has 6 heteroatoms. The first kappa shape index (κ1) is 13.3. The fourth-order valence-corrected chi connectivity index (χ4v) is 2.65. The van der Waals surface area contributed by atoms with E-state index in [0.717, 1.165) is 23.6 Å². The maximum absolute atomic E-state index is 12.4. The van der Waals surface area contributed by atoms with E-state index >= 15 is 0 Å². The molecular weight excluding hydrogens is 263 g/mol. The standard InChI is InChI=1S/C12H12F3NOS/c13-12(14,15)10-3-1-9(2-4-10)11(17)16-5-7-18-8-6-16/h1-4H,5-8H2. The number of benzene rings is 1. The van der Waals surface area contributed by atoms with Crippen molar-refractivity contribution in [3.05, 3.63) is 35.4 Å². The van der Waals surface area contributed by atoms with Gasteiger partial charge in [0.05, 0.1) is 5.56 Å². The number of rotatable bonds is 1. The number of nitrogens with zero attached hydrogens (tertiary/aromatic N) is 1. The van der Waals surface area contributed by atoms with Crippen LogP contribution in [0.1, 0.15) is 15.9 Å². The molecule has 0 saturated carbocycles. The van der Waals surface area contributed by atoms with Crippen LogP contribution < -0.4 is 0 Å². The summed E-state index contributed by atoms with van der Waals surface area (Å²) >= 11 is 1.77. The Bertz CT molecular complexity index is 424. The molecule has 1 aromatic carbocycles. The number of hydrogen-bond acceptors (Lipinski definition) is 2. The summed E-state index contributed by atoms with van der Waals surface area (Å²) in [6, 6.07) is 4.39. The smallest absolute Gasteiger partial charge is 0.337 e. The maximum Gasteiger partial charge on any atom is 0.416 e. The van der Waals surface area contributed by atoms with Gasteiger partial charge in [0.15, 0.2) is 0 Å². The third-order valence-electron chi connectivity index (χ3n) is 2.76. The molecule has 1 aliphatic heterocycles. The van der Waals surface area contributed by atoms with Crippen LogP contribution in [0.25, 0.3) is 0 Å². The predicted molar refractivity (Wildman–Crippen MR) is 64.7 cm³/mol. The zero-order valence-electron chi connectivity index (χ0n) is 9.54. The van der Waals surface area contributed by atoms with Crippen molar-refractivity contribution in [1.82, 2.24) is 4.90 Å². The number of thioether (sulfide) groups is 1. The Morgan fingerprint density at radius 3 is 2.17 bits per heavy atom. The highest BCUT2D eigenvalue weighted by Crippen LogP contribution is 2.29. The highest BCUT2D eigenvalue weighted by molar-refractivity contribution is 7.99. The van der Waals surface area contributed by atoms with Crippen LogP contribution in [0.15, 0.2) is 24.3 Å². The summed E-state index contributed by atoms with van der Waals surface area (Å²) < 4.78 is 37.1. The molecule has 0 bridgehead atoms. The molecule has 0 aromatic heterocycles. The van der Waals surface area contributed by atoms with E-state index < -0.39 is 11.7 Å². The van der Waals surface area contributed by atoms with Crippen molar-refractivity contribution in [1.29, 1.82) is 0 Å². The molecule has 0 atom stereocenters. The van der Waals surface area contributed by atoms with E-state index in [2.05, 4.69) is 0 Å². The maximum atomic E-state index is 12.4. The summed E-state index contributed by atoms with van der Waals surface area (Å²) in [5, 5.41) is 0. The fourth-order valence-electron chi connectivity index (χ4n) is 1.75. The van der Waals surface area contributed by atoms with Crippen molar-refractivity contribution in [2.45, 2.75) is 6.18 Å². The Hall–Kier alpha value is -1.17. The average molecular weight is 275 g/mol. The zero-order valence-corrected chi connectivity index (χ0v) is 10.4. The first-order valence-corrected chi connectivity index (χ1v) is 6.68. The number of alkyl halides is 3. The van der Waals surface area contributed by atoms with Crippen LogP contribution in [-0.2, 0) is 6.18 Å². The van der Waals surface area contributed by atoms with Gasteiger partial charge in [0, 0.05) is 30.2 Å². The Labute approximate surface area is 107 Å². The second-order valence-electron chi connectivity index (χ2n) is 3.98. The topological polar surface area (TPSA) is 20.3 Å². The Morgan fingerprint density at radius 1 is 1.11 bits per heavy atom. The first-order valence-electron chi connectivity index (χ1n) is 5.53. The second-order valence-corrected chi connectivity index (χ2v) is 5.20. The molecule has 1 aliphatic rings. The monoisotopic (exact) mass is 275 g/mol. The van der Waals surface area contributed by atoms with Crippen LogP contribution in [0.2, 0.25) is 0 Å². The first-order chi connectivity index (χ1) is 8.48. The fraction of sp³-hybridized carbons (Fsp3) is 0.417. The van der Waals surface area contributed by atoms with E-state index in [-0.39, 0.29) is 5.91 Å². The Balaban J connectivity index is 2.11. The quantitative estimate of drug-likeness (QED) is 0.785. The normalized spacial score (nSPS) is 16.7. The summed E-state index contributed by atoms with van der Waals surface area (Å²) in [6.45, 7) is 1.31. The van der Waals surface area contributed by atoms with E-state index in [1.807, 2.05) is 0 Å². The van der Waals surface area contributed by atoms with Gasteiger partial charge in [-0.1, -0.05) is 0 Å². The molecule has 0 aliphatic carbocycles. The lowest BCUT2D eigenvalue weighted by atomic mass is 10.1. The van der Waals surface area contributed by atoms with E-state index in [0.29, 0.717) is 18.7 Å². The van der Waals surface area contributed by atoms with Gasteiger partial charge in [-0.3, -0.25) is 4.79 Å². The van der Waals surface area contributed by atoms with Crippen LogP contribution in [0.3, 0.4) is 0 Å². The van der Waals surface area contributed by atoms with E-state index in [9.17, 15) is 18.0 Å². The van der Waals surface area contributed by atoms with Crippen LogP contribution in [0, 0.1) is 0 Å². The summed E-state index contributed by atoms with van der Waals surface area (Å²) in [7, 11) is 0. The Kier molecular flexibility index (Phi) is 3.85. The van der Waals surface area contributed by atoms with Gasteiger partial charge in [0.25, 0.3) is 5.91 Å².